The standard InChI is InChI=1S/C16H17F3N4OS.HI/c17-16(18,19)13-9-25-14(23-13)5-7-21-15(20)22-11-6-8-24-12-4-2-1-3-10(11)12;/h1-4,9,11H,5-8H2,(H3,20,21,22);1H. The molecule has 1 aromatic heterocycles. The van der Waals surface area contributed by atoms with Gasteiger partial charge in [0.25, 0.3) is 0 Å². The maximum Gasteiger partial charge on any atom is 0.434 e. The van der Waals surface area contributed by atoms with E-state index >= 15 is 0 Å². The smallest absolute Gasteiger partial charge is 0.434 e. The molecule has 3 rings (SSSR count). The summed E-state index contributed by atoms with van der Waals surface area (Å²) in [5, 5.41) is 4.54. The van der Waals surface area contributed by atoms with Gasteiger partial charge in [0.1, 0.15) is 5.75 Å². The Labute approximate surface area is 169 Å². The van der Waals surface area contributed by atoms with Crippen molar-refractivity contribution in [2.45, 2.75) is 25.1 Å². The number of aromatic nitrogens is 1. The van der Waals surface area contributed by atoms with Gasteiger partial charge in [-0.15, -0.1) is 35.3 Å². The number of fused-ring (bicyclic) bond motifs is 1. The quantitative estimate of drug-likeness (QED) is 0.383. The number of guanidine groups is 1. The summed E-state index contributed by atoms with van der Waals surface area (Å²) < 4.78 is 43.1. The molecular weight excluding hydrogens is 480 g/mol. The molecule has 2 heterocycles. The van der Waals surface area contributed by atoms with Crippen LogP contribution in [0.1, 0.15) is 28.7 Å². The molecule has 0 fully saturated rings. The topological polar surface area (TPSA) is 72.5 Å². The zero-order valence-corrected chi connectivity index (χ0v) is 16.8. The average Bonchev–Trinajstić information content (AvgIpc) is 3.04. The minimum atomic E-state index is -4.41. The Morgan fingerprint density at radius 1 is 1.38 bits per heavy atom. The summed E-state index contributed by atoms with van der Waals surface area (Å²) in [5.74, 6) is 1.08. The summed E-state index contributed by atoms with van der Waals surface area (Å²) in [6, 6.07) is 7.70. The number of ether oxygens (including phenoxy) is 1. The van der Waals surface area contributed by atoms with Crippen LogP contribution in [0.2, 0.25) is 0 Å². The third kappa shape index (κ3) is 5.22. The SMILES string of the molecule is I.NC(=NCCc1nc(C(F)(F)F)cs1)NC1CCOc2ccccc21. The molecule has 10 heteroatoms. The molecule has 1 aliphatic rings. The fourth-order valence-corrected chi connectivity index (χ4v) is 3.34. The van der Waals surface area contributed by atoms with Crippen LogP contribution >= 0.6 is 35.3 Å². The second-order valence-electron chi connectivity index (χ2n) is 5.51. The van der Waals surface area contributed by atoms with Crippen molar-refractivity contribution >= 4 is 41.3 Å². The number of nitrogens with one attached hydrogen (secondary N) is 1. The van der Waals surface area contributed by atoms with Crippen molar-refractivity contribution in [3.63, 3.8) is 0 Å². The molecule has 5 nitrogen and oxygen atoms in total. The van der Waals surface area contributed by atoms with Crippen LogP contribution in [-0.4, -0.2) is 24.1 Å². The maximum absolute atomic E-state index is 12.5. The van der Waals surface area contributed by atoms with Gasteiger partial charge in [-0.25, -0.2) is 4.98 Å². The van der Waals surface area contributed by atoms with Crippen LogP contribution in [0.3, 0.4) is 0 Å². The number of benzene rings is 1. The van der Waals surface area contributed by atoms with Gasteiger partial charge in [-0.05, 0) is 6.07 Å². The van der Waals surface area contributed by atoms with E-state index in [-0.39, 0.29) is 42.5 Å². The number of nitrogens with zero attached hydrogens (tertiary/aromatic N) is 2. The zero-order valence-electron chi connectivity index (χ0n) is 13.6. The summed E-state index contributed by atoms with van der Waals surface area (Å²) in [6.07, 6.45) is -3.34. The van der Waals surface area contributed by atoms with E-state index in [0.717, 1.165) is 34.5 Å². The van der Waals surface area contributed by atoms with Gasteiger partial charge in [0.15, 0.2) is 11.7 Å². The Morgan fingerprint density at radius 3 is 2.88 bits per heavy atom. The number of halogens is 4. The third-order valence-corrected chi connectivity index (χ3v) is 4.64. The highest BCUT2D eigenvalue weighted by Gasteiger charge is 2.33. The van der Waals surface area contributed by atoms with E-state index in [4.69, 9.17) is 10.5 Å². The second-order valence-corrected chi connectivity index (χ2v) is 6.46. The molecule has 0 aliphatic carbocycles. The second kappa shape index (κ2) is 8.89. The first-order valence-electron chi connectivity index (χ1n) is 7.73. The van der Waals surface area contributed by atoms with Gasteiger partial charge in [0, 0.05) is 30.3 Å². The molecule has 0 radical (unpaired) electrons. The van der Waals surface area contributed by atoms with Crippen LogP contribution in [0.5, 0.6) is 5.75 Å². The summed E-state index contributed by atoms with van der Waals surface area (Å²) in [7, 11) is 0. The Hall–Kier alpha value is -1.56. The number of hydrogen-bond donors (Lipinski definition) is 2. The molecule has 1 unspecified atom stereocenters. The monoisotopic (exact) mass is 498 g/mol. The Bertz CT molecular complexity index is 766. The molecule has 1 aromatic carbocycles. The summed E-state index contributed by atoms with van der Waals surface area (Å²) >= 11 is 0.976. The minimum Gasteiger partial charge on any atom is -0.493 e. The molecule has 142 valence electrons. The van der Waals surface area contributed by atoms with E-state index < -0.39 is 11.9 Å². The van der Waals surface area contributed by atoms with E-state index in [2.05, 4.69) is 15.3 Å². The van der Waals surface area contributed by atoms with Crippen LogP contribution in [0.4, 0.5) is 13.2 Å². The lowest BCUT2D eigenvalue weighted by Gasteiger charge is -2.26. The van der Waals surface area contributed by atoms with Gasteiger partial charge in [0.05, 0.1) is 17.7 Å². The third-order valence-electron chi connectivity index (χ3n) is 3.73. The molecule has 0 amide bonds. The Morgan fingerprint density at radius 2 is 2.15 bits per heavy atom. The predicted octanol–water partition coefficient (Wildman–Crippen LogP) is 3.75. The maximum atomic E-state index is 12.5. The molecule has 0 bridgehead atoms. The molecule has 26 heavy (non-hydrogen) atoms. The Kier molecular flexibility index (Phi) is 7.09. The number of thiazole rings is 1. The predicted molar refractivity (Wildman–Crippen MR) is 105 cm³/mol. The van der Waals surface area contributed by atoms with Crippen LogP contribution in [0.15, 0.2) is 34.6 Å². The van der Waals surface area contributed by atoms with Gasteiger partial charge < -0.3 is 15.8 Å². The normalized spacial score (nSPS) is 17.0. The first-order valence-corrected chi connectivity index (χ1v) is 8.61. The van der Waals surface area contributed by atoms with Gasteiger partial charge in [-0.1, -0.05) is 18.2 Å². The molecular formula is C16H18F3IN4OS. The van der Waals surface area contributed by atoms with E-state index in [1.54, 1.807) is 0 Å². The first kappa shape index (κ1) is 20.7. The summed E-state index contributed by atoms with van der Waals surface area (Å²) in [5.41, 5.74) is 6.06. The Balaban J connectivity index is 0.00000243. The number of alkyl halides is 3. The van der Waals surface area contributed by atoms with Gasteiger partial charge in [-0.3, -0.25) is 4.99 Å². The van der Waals surface area contributed by atoms with Crippen molar-refractivity contribution in [2.24, 2.45) is 10.7 Å². The number of hydrogen-bond acceptors (Lipinski definition) is 4. The fraction of sp³-hybridized carbons (Fsp3) is 0.375. The van der Waals surface area contributed by atoms with Crippen LogP contribution in [0, 0.1) is 0 Å². The number of nitrogens with two attached hydrogens (primary N) is 1. The van der Waals surface area contributed by atoms with Gasteiger partial charge in [-0.2, -0.15) is 13.2 Å². The van der Waals surface area contributed by atoms with Crippen molar-refractivity contribution in [2.75, 3.05) is 13.2 Å². The van der Waals surface area contributed by atoms with Crippen LogP contribution in [0.25, 0.3) is 0 Å². The summed E-state index contributed by atoms with van der Waals surface area (Å²) in [6.45, 7) is 0.857. The molecule has 0 saturated heterocycles. The van der Waals surface area contributed by atoms with Gasteiger partial charge in [0.2, 0.25) is 0 Å². The zero-order chi connectivity index (χ0) is 17.9. The van der Waals surface area contributed by atoms with Crippen molar-refractivity contribution in [1.29, 1.82) is 0 Å². The lowest BCUT2D eigenvalue weighted by molar-refractivity contribution is -0.140. The van der Waals surface area contributed by atoms with E-state index in [1.807, 2.05) is 24.3 Å². The molecule has 3 N–H and O–H groups in total. The van der Waals surface area contributed by atoms with Gasteiger partial charge >= 0.3 is 6.18 Å². The molecule has 1 atom stereocenters. The highest BCUT2D eigenvalue weighted by molar-refractivity contribution is 14.0. The number of para-hydroxylation sites is 1. The molecule has 0 spiro atoms. The molecule has 1 aliphatic heterocycles. The lowest BCUT2D eigenvalue weighted by atomic mass is 10.0. The van der Waals surface area contributed by atoms with Crippen molar-refractivity contribution in [3.05, 3.63) is 45.9 Å². The highest BCUT2D eigenvalue weighted by Crippen LogP contribution is 2.31. The minimum absolute atomic E-state index is 0. The first-order chi connectivity index (χ1) is 11.9. The van der Waals surface area contributed by atoms with Crippen molar-refractivity contribution in [3.8, 4) is 5.75 Å². The fourth-order valence-electron chi connectivity index (χ4n) is 2.54. The molecule has 2 aromatic rings. The van der Waals surface area contributed by atoms with Crippen molar-refractivity contribution < 1.29 is 17.9 Å². The largest absolute Gasteiger partial charge is 0.493 e. The average molecular weight is 498 g/mol. The summed E-state index contributed by atoms with van der Waals surface area (Å²) in [4.78, 5) is 7.76. The highest BCUT2D eigenvalue weighted by atomic mass is 127. The lowest BCUT2D eigenvalue weighted by Crippen LogP contribution is -2.37. The van der Waals surface area contributed by atoms with E-state index in [0.29, 0.717) is 18.0 Å². The van der Waals surface area contributed by atoms with Crippen molar-refractivity contribution in [1.82, 2.24) is 10.3 Å². The van der Waals surface area contributed by atoms with E-state index in [9.17, 15) is 13.2 Å². The van der Waals surface area contributed by atoms with E-state index in [1.165, 1.54) is 0 Å². The molecule has 0 saturated carbocycles. The number of rotatable bonds is 4. The van der Waals surface area contributed by atoms with Crippen LogP contribution < -0.4 is 15.8 Å². The van der Waals surface area contributed by atoms with Crippen LogP contribution in [-0.2, 0) is 12.6 Å². The number of aliphatic imine (C=N–C) groups is 1.